The van der Waals surface area contributed by atoms with Crippen LogP contribution in [0.2, 0.25) is 0 Å². The molecule has 2 amide bonds. The lowest BCUT2D eigenvalue weighted by atomic mass is 10.3. The molecule has 9 nitrogen and oxygen atoms in total. The van der Waals surface area contributed by atoms with Crippen LogP contribution in [-0.2, 0) is 9.59 Å². The number of carbonyl (C=O) groups excluding carboxylic acids is 2. The van der Waals surface area contributed by atoms with Crippen molar-refractivity contribution in [3.8, 4) is 5.75 Å². The number of benzene rings is 1. The zero-order valence-corrected chi connectivity index (χ0v) is 18.4. The summed E-state index contributed by atoms with van der Waals surface area (Å²) in [5.41, 5.74) is 0. The minimum Gasteiger partial charge on any atom is -0.484 e. The van der Waals surface area contributed by atoms with Crippen molar-refractivity contribution in [3.63, 3.8) is 0 Å². The quantitative estimate of drug-likeness (QED) is 0.341. The Morgan fingerprint density at radius 2 is 1.55 bits per heavy atom. The van der Waals surface area contributed by atoms with E-state index in [0.717, 1.165) is 10.1 Å². The second-order valence-corrected chi connectivity index (χ2v) is 9.85. The molecule has 152 valence electrons. The van der Waals surface area contributed by atoms with Crippen LogP contribution in [0.1, 0.15) is 6.92 Å². The third kappa shape index (κ3) is 7.27. The van der Waals surface area contributed by atoms with Crippen LogP contribution in [0.5, 0.6) is 5.75 Å². The number of para-hydroxylation sites is 1. The summed E-state index contributed by atoms with van der Waals surface area (Å²) < 4.78 is 6.76. The minimum atomic E-state index is -0.337. The maximum Gasteiger partial charge on any atom is 0.264 e. The van der Waals surface area contributed by atoms with Crippen LogP contribution in [0.15, 0.2) is 39.0 Å². The van der Waals surface area contributed by atoms with E-state index in [4.69, 9.17) is 4.74 Å². The first kappa shape index (κ1) is 21.5. The van der Waals surface area contributed by atoms with Crippen LogP contribution in [0.25, 0.3) is 0 Å². The number of amides is 2. The van der Waals surface area contributed by atoms with Gasteiger partial charge in [0.25, 0.3) is 5.91 Å². The molecule has 0 fully saturated rings. The maximum atomic E-state index is 12.0. The maximum absolute atomic E-state index is 12.0. The summed E-state index contributed by atoms with van der Waals surface area (Å²) in [5, 5.41) is 21.9. The highest BCUT2D eigenvalue weighted by Gasteiger charge is 2.12. The number of hydrogen-bond donors (Lipinski definition) is 2. The van der Waals surface area contributed by atoms with Crippen LogP contribution in [-0.4, -0.2) is 50.3 Å². The predicted molar refractivity (Wildman–Crippen MR) is 116 cm³/mol. The summed E-state index contributed by atoms with van der Waals surface area (Å²) in [4.78, 5) is 24.0. The Morgan fingerprint density at radius 1 is 0.931 bits per heavy atom. The van der Waals surface area contributed by atoms with Crippen LogP contribution in [0.4, 0.5) is 10.3 Å². The van der Waals surface area contributed by atoms with Crippen molar-refractivity contribution < 1.29 is 14.3 Å². The topological polar surface area (TPSA) is 119 Å². The molecule has 0 unspecified atom stereocenters. The van der Waals surface area contributed by atoms with E-state index in [1.165, 1.54) is 34.4 Å². The number of nitrogens with one attached hydrogen (secondary N) is 2. The number of anilines is 2. The number of aromatic nitrogens is 4. The summed E-state index contributed by atoms with van der Waals surface area (Å²) in [6, 6.07) is 9.05. The van der Waals surface area contributed by atoms with Crippen molar-refractivity contribution >= 4 is 68.3 Å². The average Bonchev–Trinajstić information content (AvgIpc) is 3.35. The molecule has 0 aliphatic heterocycles. The highest BCUT2D eigenvalue weighted by atomic mass is 32.2. The van der Waals surface area contributed by atoms with Gasteiger partial charge >= 0.3 is 0 Å². The van der Waals surface area contributed by atoms with Crippen molar-refractivity contribution in [1.29, 1.82) is 0 Å². The molecule has 2 aromatic heterocycles. The summed E-state index contributed by atoms with van der Waals surface area (Å²) in [6.07, 6.45) is 0. The van der Waals surface area contributed by atoms with Gasteiger partial charge in [-0.15, -0.1) is 20.4 Å². The Morgan fingerprint density at radius 3 is 2.21 bits per heavy atom. The lowest BCUT2D eigenvalue weighted by molar-refractivity contribution is -0.118. The average molecular weight is 469 g/mol. The zero-order chi connectivity index (χ0) is 20.5. The first-order valence-corrected chi connectivity index (χ1v) is 11.9. The van der Waals surface area contributed by atoms with Gasteiger partial charge in [0.1, 0.15) is 5.75 Å². The highest BCUT2D eigenvalue weighted by molar-refractivity contribution is 8.01. The molecular formula is C16H16N6O3S4. The van der Waals surface area contributed by atoms with E-state index in [1.807, 2.05) is 25.1 Å². The minimum absolute atomic E-state index is 0.130. The van der Waals surface area contributed by atoms with E-state index in [-0.39, 0.29) is 24.2 Å². The Labute approximate surface area is 183 Å². The molecular weight excluding hydrogens is 452 g/mol. The van der Waals surface area contributed by atoms with Crippen molar-refractivity contribution in [2.45, 2.75) is 15.6 Å². The van der Waals surface area contributed by atoms with Gasteiger partial charge in [-0.2, -0.15) is 0 Å². The lowest BCUT2D eigenvalue weighted by Crippen LogP contribution is -2.20. The highest BCUT2D eigenvalue weighted by Crippen LogP contribution is 2.27. The number of rotatable bonds is 10. The first-order chi connectivity index (χ1) is 14.1. The standard InChI is InChI=1S/C16H16N6O3S4/c1-2-26-15-21-20-14(28-15)18-12(24)9-27-16-22-19-13(29-16)17-11(23)8-25-10-6-4-3-5-7-10/h3-7H,2,8-9H2,1H3,(H,17,19,23)(H,18,20,24). The zero-order valence-electron chi connectivity index (χ0n) is 15.2. The van der Waals surface area contributed by atoms with E-state index < -0.39 is 0 Å². The number of thioether (sulfide) groups is 2. The summed E-state index contributed by atoms with van der Waals surface area (Å²) in [6.45, 7) is 1.89. The molecule has 2 heterocycles. The lowest BCUT2D eigenvalue weighted by Gasteiger charge is -2.04. The normalized spacial score (nSPS) is 10.5. The fourth-order valence-electron chi connectivity index (χ4n) is 1.86. The molecule has 1 aromatic carbocycles. The molecule has 0 aliphatic rings. The Balaban J connectivity index is 1.40. The number of hydrogen-bond acceptors (Lipinski definition) is 11. The number of nitrogens with zero attached hydrogens (tertiary/aromatic N) is 4. The first-order valence-electron chi connectivity index (χ1n) is 8.32. The second-order valence-electron chi connectivity index (χ2n) is 5.17. The van der Waals surface area contributed by atoms with Crippen LogP contribution >= 0.6 is 46.2 Å². The fourth-order valence-corrected chi connectivity index (χ4v) is 5.10. The fraction of sp³-hybridized carbons (Fsp3) is 0.250. The van der Waals surface area contributed by atoms with Gasteiger partial charge in [0.15, 0.2) is 15.3 Å². The molecule has 0 radical (unpaired) electrons. The molecule has 0 saturated heterocycles. The molecule has 0 saturated carbocycles. The largest absolute Gasteiger partial charge is 0.484 e. The van der Waals surface area contributed by atoms with Crippen LogP contribution in [0.3, 0.4) is 0 Å². The number of ether oxygens (including phenoxy) is 1. The Bertz CT molecular complexity index is 949. The summed E-state index contributed by atoms with van der Waals surface area (Å²) in [5.74, 6) is 1.10. The SMILES string of the molecule is CCSc1nnc(NC(=O)CSc2nnc(NC(=O)COc3ccccc3)s2)s1. The van der Waals surface area contributed by atoms with E-state index in [9.17, 15) is 9.59 Å². The molecule has 2 N–H and O–H groups in total. The smallest absolute Gasteiger partial charge is 0.264 e. The van der Waals surface area contributed by atoms with Gasteiger partial charge in [0.2, 0.25) is 16.2 Å². The summed E-state index contributed by atoms with van der Waals surface area (Å²) >= 11 is 5.32. The third-order valence-electron chi connectivity index (χ3n) is 3.01. The van der Waals surface area contributed by atoms with Gasteiger partial charge in [-0.3, -0.25) is 20.2 Å². The van der Waals surface area contributed by atoms with Gasteiger partial charge < -0.3 is 4.74 Å². The molecule has 3 rings (SSSR count). The van der Waals surface area contributed by atoms with E-state index in [2.05, 4.69) is 31.0 Å². The van der Waals surface area contributed by atoms with E-state index >= 15 is 0 Å². The second kappa shape index (κ2) is 11.1. The van der Waals surface area contributed by atoms with Crippen molar-refractivity contribution in [1.82, 2.24) is 20.4 Å². The molecule has 3 aromatic rings. The molecule has 0 aliphatic carbocycles. The molecule has 13 heteroatoms. The third-order valence-corrected chi connectivity index (χ3v) is 6.84. The number of carbonyl (C=O) groups is 2. The molecule has 29 heavy (non-hydrogen) atoms. The van der Waals surface area contributed by atoms with Gasteiger partial charge in [-0.05, 0) is 17.9 Å². The van der Waals surface area contributed by atoms with Gasteiger partial charge in [0.05, 0.1) is 5.75 Å². The monoisotopic (exact) mass is 468 g/mol. The summed E-state index contributed by atoms with van der Waals surface area (Å²) in [7, 11) is 0. The van der Waals surface area contributed by atoms with Crippen molar-refractivity contribution in [2.75, 3.05) is 28.7 Å². The predicted octanol–water partition coefficient (Wildman–Crippen LogP) is 3.25. The molecule has 0 spiro atoms. The van der Waals surface area contributed by atoms with E-state index in [0.29, 0.717) is 20.4 Å². The Hall–Kier alpha value is -2.22. The molecule has 0 bridgehead atoms. The van der Waals surface area contributed by atoms with E-state index in [1.54, 1.807) is 23.9 Å². The van der Waals surface area contributed by atoms with Gasteiger partial charge in [0, 0.05) is 0 Å². The van der Waals surface area contributed by atoms with Gasteiger partial charge in [-0.1, -0.05) is 71.3 Å². The van der Waals surface area contributed by atoms with Crippen LogP contribution < -0.4 is 15.4 Å². The van der Waals surface area contributed by atoms with Crippen molar-refractivity contribution in [2.24, 2.45) is 0 Å². The van der Waals surface area contributed by atoms with Crippen molar-refractivity contribution in [3.05, 3.63) is 30.3 Å². The Kier molecular flexibility index (Phi) is 8.22. The van der Waals surface area contributed by atoms with Crippen LogP contribution in [0, 0.1) is 0 Å². The molecule has 0 atom stereocenters. The van der Waals surface area contributed by atoms with Gasteiger partial charge in [-0.25, -0.2) is 0 Å².